The molecule has 0 aliphatic rings. The lowest BCUT2D eigenvalue weighted by Crippen LogP contribution is -2.12. The minimum absolute atomic E-state index is 0.173. The number of benzene rings is 2. The molecule has 0 aromatic heterocycles. The predicted octanol–water partition coefficient (Wildman–Crippen LogP) is 3.35. The summed E-state index contributed by atoms with van der Waals surface area (Å²) in [5.74, 6) is 0.329. The van der Waals surface area contributed by atoms with E-state index >= 15 is 0 Å². The van der Waals surface area contributed by atoms with Crippen LogP contribution in [0.2, 0.25) is 0 Å². The SMILES string of the molecule is CS(=O)(=O)c1ccc(C(=O)Nc2ccccc2SCCC#N)cc1. The summed E-state index contributed by atoms with van der Waals surface area (Å²) in [7, 11) is -3.29. The van der Waals surface area contributed by atoms with Crippen LogP contribution >= 0.6 is 11.8 Å². The number of nitriles is 1. The first kappa shape index (κ1) is 18.0. The van der Waals surface area contributed by atoms with Gasteiger partial charge in [0.25, 0.3) is 5.91 Å². The Morgan fingerprint density at radius 3 is 2.46 bits per heavy atom. The first-order chi connectivity index (χ1) is 11.4. The highest BCUT2D eigenvalue weighted by molar-refractivity contribution is 7.99. The Hall–Kier alpha value is -2.30. The topological polar surface area (TPSA) is 87.0 Å². The Morgan fingerprint density at radius 2 is 1.83 bits per heavy atom. The number of nitrogens with zero attached hydrogens (tertiary/aromatic N) is 1. The average molecular weight is 360 g/mol. The van der Waals surface area contributed by atoms with Gasteiger partial charge in [-0.15, -0.1) is 11.8 Å². The zero-order valence-corrected chi connectivity index (χ0v) is 14.7. The van der Waals surface area contributed by atoms with Crippen molar-refractivity contribution in [2.45, 2.75) is 16.2 Å². The van der Waals surface area contributed by atoms with Gasteiger partial charge in [-0.1, -0.05) is 12.1 Å². The van der Waals surface area contributed by atoms with E-state index in [1.54, 1.807) is 6.07 Å². The van der Waals surface area contributed by atoms with Crippen molar-refractivity contribution < 1.29 is 13.2 Å². The molecule has 0 saturated carbocycles. The van der Waals surface area contributed by atoms with Crippen molar-refractivity contribution in [3.63, 3.8) is 0 Å². The lowest BCUT2D eigenvalue weighted by atomic mass is 10.2. The summed E-state index contributed by atoms with van der Waals surface area (Å²) in [6, 6.07) is 15.2. The van der Waals surface area contributed by atoms with Gasteiger partial charge in [0.2, 0.25) is 0 Å². The van der Waals surface area contributed by atoms with Crippen LogP contribution in [0.3, 0.4) is 0 Å². The maximum absolute atomic E-state index is 12.3. The summed E-state index contributed by atoms with van der Waals surface area (Å²) in [6.07, 6.45) is 1.55. The second-order valence-electron chi connectivity index (χ2n) is 5.00. The van der Waals surface area contributed by atoms with E-state index in [4.69, 9.17) is 5.26 Å². The number of nitrogens with one attached hydrogen (secondary N) is 1. The van der Waals surface area contributed by atoms with Crippen molar-refractivity contribution >= 4 is 33.2 Å². The van der Waals surface area contributed by atoms with Gasteiger partial charge in [-0.05, 0) is 36.4 Å². The minimum atomic E-state index is -3.29. The van der Waals surface area contributed by atoms with Gasteiger partial charge in [0, 0.05) is 28.9 Å². The third kappa shape index (κ3) is 4.85. The average Bonchev–Trinajstić information content (AvgIpc) is 2.56. The smallest absolute Gasteiger partial charge is 0.255 e. The Kier molecular flexibility index (Phi) is 6.01. The van der Waals surface area contributed by atoms with Gasteiger partial charge >= 0.3 is 0 Å². The zero-order chi connectivity index (χ0) is 17.6. The molecule has 0 aliphatic heterocycles. The van der Waals surface area contributed by atoms with Crippen LogP contribution in [-0.4, -0.2) is 26.3 Å². The maximum atomic E-state index is 12.3. The Bertz CT molecular complexity index is 869. The molecule has 1 amide bonds. The van der Waals surface area contributed by atoms with Crippen LogP contribution in [0.4, 0.5) is 5.69 Å². The first-order valence-corrected chi connectivity index (χ1v) is 10.00. The molecule has 5 nitrogen and oxygen atoms in total. The summed E-state index contributed by atoms with van der Waals surface area (Å²) in [6.45, 7) is 0. The molecule has 1 N–H and O–H groups in total. The van der Waals surface area contributed by atoms with Gasteiger partial charge in [-0.25, -0.2) is 8.42 Å². The molecule has 0 heterocycles. The number of hydrogen-bond acceptors (Lipinski definition) is 5. The van der Waals surface area contributed by atoms with E-state index in [2.05, 4.69) is 11.4 Å². The second-order valence-corrected chi connectivity index (χ2v) is 8.16. The van der Waals surface area contributed by atoms with E-state index in [9.17, 15) is 13.2 Å². The van der Waals surface area contributed by atoms with Crippen LogP contribution in [0.25, 0.3) is 0 Å². The molecule has 2 aromatic carbocycles. The number of para-hydroxylation sites is 1. The number of sulfone groups is 1. The summed E-state index contributed by atoms with van der Waals surface area (Å²) in [4.78, 5) is 13.4. The monoisotopic (exact) mass is 360 g/mol. The maximum Gasteiger partial charge on any atom is 0.255 e. The molecule has 0 atom stereocenters. The first-order valence-electron chi connectivity index (χ1n) is 7.12. The molecular weight excluding hydrogens is 344 g/mol. The predicted molar refractivity (Wildman–Crippen MR) is 94.9 cm³/mol. The van der Waals surface area contributed by atoms with Crippen LogP contribution in [0, 0.1) is 11.3 Å². The number of thioether (sulfide) groups is 1. The molecule has 7 heteroatoms. The minimum Gasteiger partial charge on any atom is -0.321 e. The van der Waals surface area contributed by atoms with E-state index in [1.165, 1.54) is 36.0 Å². The van der Waals surface area contributed by atoms with Gasteiger partial charge in [0.05, 0.1) is 16.7 Å². The van der Waals surface area contributed by atoms with Gasteiger partial charge in [-0.3, -0.25) is 4.79 Å². The molecule has 2 aromatic rings. The number of carbonyl (C=O) groups excluding carboxylic acids is 1. The standard InChI is InChI=1S/C17H16N2O3S2/c1-24(21,22)14-9-7-13(8-10-14)17(20)19-15-5-2-3-6-16(15)23-12-4-11-18/h2-3,5-10H,4,12H2,1H3,(H,19,20). The van der Waals surface area contributed by atoms with Crippen LogP contribution in [0.1, 0.15) is 16.8 Å². The van der Waals surface area contributed by atoms with Gasteiger partial charge < -0.3 is 5.32 Å². The van der Waals surface area contributed by atoms with Crippen molar-refractivity contribution in [3.05, 3.63) is 54.1 Å². The molecule has 2 rings (SSSR count). The molecule has 0 saturated heterocycles. The number of rotatable bonds is 6. The highest BCUT2D eigenvalue weighted by Gasteiger charge is 2.11. The number of anilines is 1. The van der Waals surface area contributed by atoms with E-state index in [1.807, 2.05) is 18.2 Å². The van der Waals surface area contributed by atoms with Gasteiger partial charge in [-0.2, -0.15) is 5.26 Å². The van der Waals surface area contributed by atoms with Crippen LogP contribution < -0.4 is 5.32 Å². The molecule has 0 spiro atoms. The van der Waals surface area contributed by atoms with Crippen molar-refractivity contribution in [2.24, 2.45) is 0 Å². The van der Waals surface area contributed by atoms with E-state index in [0.717, 1.165) is 11.2 Å². The molecule has 0 radical (unpaired) electrons. The summed E-state index contributed by atoms with van der Waals surface area (Å²) in [5, 5.41) is 11.4. The Balaban J connectivity index is 2.14. The highest BCUT2D eigenvalue weighted by atomic mass is 32.2. The number of carbonyl (C=O) groups is 1. The van der Waals surface area contributed by atoms with Crippen molar-refractivity contribution in [2.75, 3.05) is 17.3 Å². The lowest BCUT2D eigenvalue weighted by Gasteiger charge is -2.10. The quantitative estimate of drug-likeness (QED) is 0.630. The fourth-order valence-electron chi connectivity index (χ4n) is 1.95. The highest BCUT2D eigenvalue weighted by Crippen LogP contribution is 2.27. The van der Waals surface area contributed by atoms with Gasteiger partial charge in [0.1, 0.15) is 0 Å². The van der Waals surface area contributed by atoms with Gasteiger partial charge in [0.15, 0.2) is 9.84 Å². The second kappa shape index (κ2) is 7.99. The molecule has 0 aliphatic carbocycles. The fourth-order valence-corrected chi connectivity index (χ4v) is 3.44. The Morgan fingerprint density at radius 1 is 1.17 bits per heavy atom. The number of hydrogen-bond donors (Lipinski definition) is 1. The van der Waals surface area contributed by atoms with Crippen LogP contribution in [0.5, 0.6) is 0 Å². The zero-order valence-electron chi connectivity index (χ0n) is 13.0. The largest absolute Gasteiger partial charge is 0.321 e. The molecule has 0 bridgehead atoms. The Labute approximate surface area is 145 Å². The van der Waals surface area contributed by atoms with Crippen molar-refractivity contribution in [1.82, 2.24) is 0 Å². The van der Waals surface area contributed by atoms with E-state index in [0.29, 0.717) is 23.4 Å². The summed E-state index contributed by atoms with van der Waals surface area (Å²) >= 11 is 1.50. The normalized spacial score (nSPS) is 10.8. The van der Waals surface area contributed by atoms with Crippen molar-refractivity contribution in [3.8, 4) is 6.07 Å². The fraction of sp³-hybridized carbons (Fsp3) is 0.176. The third-order valence-corrected chi connectivity index (χ3v) is 5.36. The molecule has 0 fully saturated rings. The summed E-state index contributed by atoms with van der Waals surface area (Å²) in [5.41, 5.74) is 1.04. The van der Waals surface area contributed by atoms with E-state index in [-0.39, 0.29) is 10.8 Å². The van der Waals surface area contributed by atoms with Crippen LogP contribution in [-0.2, 0) is 9.84 Å². The molecule has 124 valence electrons. The summed E-state index contributed by atoms with van der Waals surface area (Å²) < 4.78 is 22.9. The van der Waals surface area contributed by atoms with E-state index < -0.39 is 9.84 Å². The lowest BCUT2D eigenvalue weighted by molar-refractivity contribution is 0.102. The number of amides is 1. The van der Waals surface area contributed by atoms with Crippen molar-refractivity contribution in [1.29, 1.82) is 5.26 Å². The van der Waals surface area contributed by atoms with Crippen LogP contribution in [0.15, 0.2) is 58.3 Å². The third-order valence-electron chi connectivity index (χ3n) is 3.15. The molecule has 0 unspecified atom stereocenters. The molecular formula is C17H16N2O3S2. The molecule has 24 heavy (non-hydrogen) atoms.